The van der Waals surface area contributed by atoms with E-state index in [9.17, 15) is 4.79 Å². The fraction of sp³-hybridized carbons (Fsp3) is 0.667. The Morgan fingerprint density at radius 2 is 2.10 bits per heavy atom. The van der Waals surface area contributed by atoms with Crippen molar-refractivity contribution >= 4 is 17.2 Å². The van der Waals surface area contributed by atoms with E-state index in [1.165, 1.54) is 22.6 Å². The highest BCUT2D eigenvalue weighted by Gasteiger charge is 2.33. The summed E-state index contributed by atoms with van der Waals surface area (Å²) >= 11 is 1.76. The van der Waals surface area contributed by atoms with Gasteiger partial charge >= 0.3 is 0 Å². The molecule has 0 radical (unpaired) electrons. The number of carbonyl (C=O) groups is 1. The molecule has 1 saturated carbocycles. The number of nitrogens with two attached hydrogens (primary N) is 2. The summed E-state index contributed by atoms with van der Waals surface area (Å²) in [6.45, 7) is 4.41. The Labute approximate surface area is 125 Å². The minimum absolute atomic E-state index is 0.0204. The van der Waals surface area contributed by atoms with Crippen molar-refractivity contribution in [1.29, 1.82) is 0 Å². The molecule has 0 bridgehead atoms. The standard InChI is InChI=1S/C15H25N3OS/c1-10-7-8-13(20-10)15(11(2)16)18(9-14(17)19)12-5-3-4-6-12/h7-8,11-12,15H,3-6,9,16H2,1-2H3,(H2,17,19). The maximum atomic E-state index is 11.5. The topological polar surface area (TPSA) is 72.3 Å². The van der Waals surface area contributed by atoms with Gasteiger partial charge in [-0.2, -0.15) is 0 Å². The lowest BCUT2D eigenvalue weighted by Crippen LogP contribution is -2.47. The Balaban J connectivity index is 2.28. The molecule has 0 aliphatic heterocycles. The van der Waals surface area contributed by atoms with Gasteiger partial charge in [-0.3, -0.25) is 9.69 Å². The maximum Gasteiger partial charge on any atom is 0.231 e. The molecule has 1 amide bonds. The first-order chi connectivity index (χ1) is 9.49. The van der Waals surface area contributed by atoms with Crippen molar-refractivity contribution in [1.82, 2.24) is 4.90 Å². The summed E-state index contributed by atoms with van der Waals surface area (Å²) in [7, 11) is 0. The molecule has 2 rings (SSSR count). The van der Waals surface area contributed by atoms with Crippen molar-refractivity contribution in [3.05, 3.63) is 21.9 Å². The molecule has 2 unspecified atom stereocenters. The summed E-state index contributed by atoms with van der Waals surface area (Å²) in [5.74, 6) is -0.268. The molecule has 4 nitrogen and oxygen atoms in total. The summed E-state index contributed by atoms with van der Waals surface area (Å²) in [6, 6.07) is 4.75. The predicted octanol–water partition coefficient (Wildman–Crippen LogP) is 2.17. The third-order valence-electron chi connectivity index (χ3n) is 4.04. The molecule has 1 aliphatic rings. The lowest BCUT2D eigenvalue weighted by atomic mass is 10.0. The second-order valence-electron chi connectivity index (χ2n) is 5.83. The molecule has 1 aromatic heterocycles. The summed E-state index contributed by atoms with van der Waals surface area (Å²) in [4.78, 5) is 16.2. The quantitative estimate of drug-likeness (QED) is 0.845. The molecular weight excluding hydrogens is 270 g/mol. The lowest BCUT2D eigenvalue weighted by Gasteiger charge is -2.37. The van der Waals surface area contributed by atoms with Gasteiger partial charge in [0, 0.05) is 21.8 Å². The molecule has 1 fully saturated rings. The Morgan fingerprint density at radius 3 is 2.55 bits per heavy atom. The van der Waals surface area contributed by atoms with Crippen LogP contribution in [0, 0.1) is 6.92 Å². The van der Waals surface area contributed by atoms with Gasteiger partial charge in [0.15, 0.2) is 0 Å². The number of amides is 1. The number of nitrogens with zero attached hydrogens (tertiary/aromatic N) is 1. The van der Waals surface area contributed by atoms with E-state index in [1.54, 1.807) is 11.3 Å². The molecule has 4 N–H and O–H groups in total. The average molecular weight is 295 g/mol. The lowest BCUT2D eigenvalue weighted by molar-refractivity contribution is -0.120. The monoisotopic (exact) mass is 295 g/mol. The van der Waals surface area contributed by atoms with Crippen LogP contribution in [-0.2, 0) is 4.79 Å². The molecule has 112 valence electrons. The molecule has 1 aliphatic carbocycles. The Morgan fingerprint density at radius 1 is 1.45 bits per heavy atom. The molecule has 0 saturated heterocycles. The van der Waals surface area contributed by atoms with Crippen LogP contribution in [0.4, 0.5) is 0 Å². The first-order valence-corrected chi connectivity index (χ1v) is 8.16. The van der Waals surface area contributed by atoms with E-state index in [1.807, 2.05) is 6.92 Å². The van der Waals surface area contributed by atoms with Crippen molar-refractivity contribution < 1.29 is 4.79 Å². The summed E-state index contributed by atoms with van der Waals surface area (Å²) in [6.07, 6.45) is 4.74. The van der Waals surface area contributed by atoms with Gasteiger partial charge in [-0.05, 0) is 38.8 Å². The van der Waals surface area contributed by atoms with Crippen molar-refractivity contribution in [2.45, 2.75) is 57.7 Å². The van der Waals surface area contributed by atoms with Crippen LogP contribution < -0.4 is 11.5 Å². The van der Waals surface area contributed by atoms with E-state index >= 15 is 0 Å². The van der Waals surface area contributed by atoms with Gasteiger partial charge < -0.3 is 11.5 Å². The third kappa shape index (κ3) is 3.59. The van der Waals surface area contributed by atoms with Gasteiger partial charge in [0.2, 0.25) is 5.91 Å². The van der Waals surface area contributed by atoms with Crippen LogP contribution in [0.15, 0.2) is 12.1 Å². The smallest absolute Gasteiger partial charge is 0.231 e. The highest BCUT2D eigenvalue weighted by molar-refractivity contribution is 7.12. The zero-order chi connectivity index (χ0) is 14.7. The Hall–Kier alpha value is -0.910. The number of hydrogen-bond acceptors (Lipinski definition) is 4. The number of primary amides is 1. The first-order valence-electron chi connectivity index (χ1n) is 7.35. The molecule has 2 atom stereocenters. The summed E-state index contributed by atoms with van der Waals surface area (Å²) in [5.41, 5.74) is 11.7. The minimum atomic E-state index is -0.268. The van der Waals surface area contributed by atoms with Crippen LogP contribution in [0.3, 0.4) is 0 Å². The minimum Gasteiger partial charge on any atom is -0.369 e. The van der Waals surface area contributed by atoms with Crippen molar-refractivity contribution in [3.63, 3.8) is 0 Å². The molecule has 20 heavy (non-hydrogen) atoms. The summed E-state index contributed by atoms with van der Waals surface area (Å²) in [5, 5.41) is 0. The molecule has 0 aromatic carbocycles. The van der Waals surface area contributed by atoms with E-state index in [4.69, 9.17) is 11.5 Å². The number of thiophene rings is 1. The molecule has 1 aromatic rings. The van der Waals surface area contributed by atoms with Gasteiger partial charge in [0.1, 0.15) is 0 Å². The van der Waals surface area contributed by atoms with Gasteiger partial charge in [-0.25, -0.2) is 0 Å². The predicted molar refractivity (Wildman–Crippen MR) is 83.6 cm³/mol. The number of hydrogen-bond donors (Lipinski definition) is 2. The molecule has 0 spiro atoms. The van der Waals surface area contributed by atoms with Gasteiger partial charge in [-0.15, -0.1) is 11.3 Å². The van der Waals surface area contributed by atoms with Crippen LogP contribution in [0.5, 0.6) is 0 Å². The van der Waals surface area contributed by atoms with Crippen molar-refractivity contribution in [3.8, 4) is 0 Å². The second kappa shape index (κ2) is 6.70. The average Bonchev–Trinajstić information content (AvgIpc) is 2.98. The summed E-state index contributed by atoms with van der Waals surface area (Å²) < 4.78 is 0. The Kier molecular flexibility index (Phi) is 5.18. The van der Waals surface area contributed by atoms with E-state index < -0.39 is 0 Å². The molecule has 5 heteroatoms. The van der Waals surface area contributed by atoms with Crippen molar-refractivity contribution in [2.24, 2.45) is 11.5 Å². The fourth-order valence-electron chi connectivity index (χ4n) is 3.21. The number of aryl methyl sites for hydroxylation is 1. The van der Waals surface area contributed by atoms with Crippen molar-refractivity contribution in [2.75, 3.05) is 6.54 Å². The largest absolute Gasteiger partial charge is 0.369 e. The van der Waals surface area contributed by atoms with E-state index in [0.29, 0.717) is 12.6 Å². The zero-order valence-electron chi connectivity index (χ0n) is 12.3. The number of rotatable bonds is 6. The molecule has 1 heterocycles. The van der Waals surface area contributed by atoms with E-state index in [2.05, 4.69) is 24.0 Å². The number of carbonyl (C=O) groups excluding carboxylic acids is 1. The highest BCUT2D eigenvalue weighted by atomic mass is 32.1. The molecular formula is C15H25N3OS. The highest BCUT2D eigenvalue weighted by Crippen LogP contribution is 2.35. The van der Waals surface area contributed by atoms with Crippen LogP contribution in [-0.4, -0.2) is 29.4 Å². The zero-order valence-corrected chi connectivity index (χ0v) is 13.2. The normalized spacial score (nSPS) is 19.4. The van der Waals surface area contributed by atoms with Gasteiger partial charge in [0.05, 0.1) is 12.6 Å². The second-order valence-corrected chi connectivity index (χ2v) is 7.15. The van der Waals surface area contributed by atoms with E-state index in [0.717, 1.165) is 12.8 Å². The Bertz CT molecular complexity index is 452. The SMILES string of the molecule is Cc1ccc(C(C(C)N)N(CC(N)=O)C2CCCC2)s1. The fourth-order valence-corrected chi connectivity index (χ4v) is 4.32. The van der Waals surface area contributed by atoms with E-state index in [-0.39, 0.29) is 18.0 Å². The maximum absolute atomic E-state index is 11.5. The van der Waals surface area contributed by atoms with Crippen LogP contribution in [0.25, 0.3) is 0 Å². The van der Waals surface area contributed by atoms with Crippen LogP contribution in [0.2, 0.25) is 0 Å². The van der Waals surface area contributed by atoms with Gasteiger partial charge in [-0.1, -0.05) is 12.8 Å². The van der Waals surface area contributed by atoms with Crippen LogP contribution in [0.1, 0.15) is 48.4 Å². The third-order valence-corrected chi connectivity index (χ3v) is 5.11. The van der Waals surface area contributed by atoms with Gasteiger partial charge in [0.25, 0.3) is 0 Å². The first kappa shape index (κ1) is 15.5. The van der Waals surface area contributed by atoms with Crippen LogP contribution >= 0.6 is 11.3 Å².